The lowest BCUT2D eigenvalue weighted by molar-refractivity contribution is -0.121. The van der Waals surface area contributed by atoms with Gasteiger partial charge in [0.25, 0.3) is 0 Å². The zero-order valence-corrected chi connectivity index (χ0v) is 14.7. The molecule has 0 spiro atoms. The number of nitrogens with zero attached hydrogens (tertiary/aromatic N) is 3. The Bertz CT molecular complexity index is 741. The molecule has 0 unspecified atom stereocenters. The molecular weight excluding hydrogens is 316 g/mol. The SMILES string of the molecule is CN1CC[C@H](NC(=O)CCC(=O)c2cnn(C)c2)[C@@H]1c1ccccc1. The van der Waals surface area contributed by atoms with Crippen molar-refractivity contribution in [3.05, 3.63) is 53.9 Å². The molecule has 1 aliphatic heterocycles. The van der Waals surface area contributed by atoms with Crippen molar-refractivity contribution in [2.45, 2.75) is 31.3 Å². The molecule has 1 N–H and O–H groups in total. The lowest BCUT2D eigenvalue weighted by Crippen LogP contribution is -2.39. The molecule has 6 nitrogen and oxygen atoms in total. The standard InChI is InChI=1S/C19H24N4O2/c1-22-11-10-16(19(22)14-6-4-3-5-7-14)21-18(25)9-8-17(24)15-12-20-23(2)13-15/h3-7,12-13,16,19H,8-11H2,1-2H3,(H,21,25)/t16-,19-/m0/s1. The van der Waals surface area contributed by atoms with E-state index in [1.807, 2.05) is 18.2 Å². The third-order valence-corrected chi connectivity index (χ3v) is 4.74. The molecule has 2 atom stereocenters. The number of likely N-dealkylation sites (N-methyl/N-ethyl adjacent to an activating group) is 1. The third-order valence-electron chi connectivity index (χ3n) is 4.74. The molecule has 0 bridgehead atoms. The van der Waals surface area contributed by atoms with Crippen molar-refractivity contribution in [1.29, 1.82) is 0 Å². The predicted octanol–water partition coefficient (Wildman–Crippen LogP) is 1.94. The van der Waals surface area contributed by atoms with Gasteiger partial charge in [-0.05, 0) is 19.0 Å². The van der Waals surface area contributed by atoms with Gasteiger partial charge < -0.3 is 5.32 Å². The summed E-state index contributed by atoms with van der Waals surface area (Å²) in [7, 11) is 3.85. The summed E-state index contributed by atoms with van der Waals surface area (Å²) in [6.07, 6.45) is 4.54. The maximum atomic E-state index is 12.3. The van der Waals surface area contributed by atoms with E-state index in [4.69, 9.17) is 0 Å². The van der Waals surface area contributed by atoms with Crippen LogP contribution in [0.1, 0.15) is 41.2 Å². The number of carbonyl (C=O) groups is 2. The average molecular weight is 340 g/mol. The Kier molecular flexibility index (Phi) is 5.28. The summed E-state index contributed by atoms with van der Waals surface area (Å²) in [4.78, 5) is 26.7. The summed E-state index contributed by atoms with van der Waals surface area (Å²) in [5, 5.41) is 7.11. The first-order valence-electron chi connectivity index (χ1n) is 8.61. The van der Waals surface area contributed by atoms with Crippen LogP contribution in [0.2, 0.25) is 0 Å². The number of amides is 1. The van der Waals surface area contributed by atoms with Crippen LogP contribution in [0.4, 0.5) is 0 Å². The van der Waals surface area contributed by atoms with Crippen LogP contribution in [-0.4, -0.2) is 46.0 Å². The van der Waals surface area contributed by atoms with Gasteiger partial charge in [0, 0.05) is 38.7 Å². The van der Waals surface area contributed by atoms with Crippen LogP contribution in [0.15, 0.2) is 42.7 Å². The summed E-state index contributed by atoms with van der Waals surface area (Å²) < 4.78 is 1.59. The molecule has 3 rings (SSSR count). The molecule has 0 aliphatic carbocycles. The number of aryl methyl sites for hydroxylation is 1. The Morgan fingerprint density at radius 3 is 2.64 bits per heavy atom. The Balaban J connectivity index is 1.56. The van der Waals surface area contributed by atoms with Crippen molar-refractivity contribution in [2.24, 2.45) is 7.05 Å². The molecule has 1 fully saturated rings. The molecular formula is C19H24N4O2. The van der Waals surface area contributed by atoms with Crippen LogP contribution in [0.3, 0.4) is 0 Å². The first kappa shape index (κ1) is 17.4. The van der Waals surface area contributed by atoms with E-state index in [1.54, 1.807) is 17.9 Å². The van der Waals surface area contributed by atoms with E-state index in [-0.39, 0.29) is 36.6 Å². The zero-order chi connectivity index (χ0) is 17.8. The summed E-state index contributed by atoms with van der Waals surface area (Å²) >= 11 is 0. The second-order valence-electron chi connectivity index (χ2n) is 6.62. The van der Waals surface area contributed by atoms with E-state index in [9.17, 15) is 9.59 Å². The van der Waals surface area contributed by atoms with Crippen LogP contribution < -0.4 is 5.32 Å². The van der Waals surface area contributed by atoms with E-state index >= 15 is 0 Å². The van der Waals surface area contributed by atoms with Gasteiger partial charge in [0.1, 0.15) is 0 Å². The first-order valence-corrected chi connectivity index (χ1v) is 8.61. The first-order chi connectivity index (χ1) is 12.0. The Labute approximate surface area is 147 Å². The van der Waals surface area contributed by atoms with Gasteiger partial charge in [-0.3, -0.25) is 19.2 Å². The Morgan fingerprint density at radius 1 is 1.20 bits per heavy atom. The van der Waals surface area contributed by atoms with Gasteiger partial charge in [-0.25, -0.2) is 0 Å². The molecule has 1 aromatic heterocycles. The number of hydrogen-bond acceptors (Lipinski definition) is 4. The summed E-state index contributed by atoms with van der Waals surface area (Å²) in [5.74, 6) is -0.120. The van der Waals surface area contributed by atoms with Crippen molar-refractivity contribution in [2.75, 3.05) is 13.6 Å². The van der Waals surface area contributed by atoms with Crippen molar-refractivity contribution in [3.8, 4) is 0 Å². The summed E-state index contributed by atoms with van der Waals surface area (Å²) in [5.41, 5.74) is 1.76. The van der Waals surface area contributed by atoms with Crippen LogP contribution in [0.25, 0.3) is 0 Å². The predicted molar refractivity (Wildman–Crippen MR) is 95.1 cm³/mol. The highest BCUT2D eigenvalue weighted by Gasteiger charge is 2.33. The van der Waals surface area contributed by atoms with Crippen LogP contribution in [0, 0.1) is 0 Å². The molecule has 2 heterocycles. The number of nitrogens with one attached hydrogen (secondary N) is 1. The minimum Gasteiger partial charge on any atom is -0.351 e. The molecule has 0 radical (unpaired) electrons. The lowest BCUT2D eigenvalue weighted by atomic mass is 10.00. The van der Waals surface area contributed by atoms with Crippen molar-refractivity contribution >= 4 is 11.7 Å². The van der Waals surface area contributed by atoms with Gasteiger partial charge >= 0.3 is 0 Å². The van der Waals surface area contributed by atoms with Gasteiger partial charge in [-0.1, -0.05) is 30.3 Å². The van der Waals surface area contributed by atoms with Gasteiger partial charge in [-0.2, -0.15) is 5.10 Å². The van der Waals surface area contributed by atoms with Crippen molar-refractivity contribution in [1.82, 2.24) is 20.0 Å². The fourth-order valence-electron chi connectivity index (χ4n) is 3.45. The molecule has 1 saturated heterocycles. The summed E-state index contributed by atoms with van der Waals surface area (Å²) in [6.45, 7) is 0.944. The van der Waals surface area contributed by atoms with Crippen molar-refractivity contribution in [3.63, 3.8) is 0 Å². The lowest BCUT2D eigenvalue weighted by Gasteiger charge is -2.26. The second-order valence-corrected chi connectivity index (χ2v) is 6.62. The number of rotatable bonds is 6. The number of benzene rings is 1. The highest BCUT2D eigenvalue weighted by atomic mass is 16.2. The van der Waals surface area contributed by atoms with Crippen molar-refractivity contribution < 1.29 is 9.59 Å². The summed E-state index contributed by atoms with van der Waals surface area (Å²) in [6, 6.07) is 10.5. The maximum absolute atomic E-state index is 12.3. The topological polar surface area (TPSA) is 67.2 Å². The largest absolute Gasteiger partial charge is 0.351 e. The molecule has 2 aromatic rings. The molecule has 1 aromatic carbocycles. The zero-order valence-electron chi connectivity index (χ0n) is 14.7. The maximum Gasteiger partial charge on any atom is 0.220 e. The Hall–Kier alpha value is -2.47. The number of ketones is 1. The quantitative estimate of drug-likeness (QED) is 0.816. The number of hydrogen-bond donors (Lipinski definition) is 1. The van der Waals surface area contributed by atoms with Crippen LogP contribution in [0.5, 0.6) is 0 Å². The number of Topliss-reactive ketones (excluding diaryl/α,β-unsaturated/α-hetero) is 1. The van der Waals surface area contributed by atoms with E-state index in [2.05, 4.69) is 34.5 Å². The smallest absolute Gasteiger partial charge is 0.220 e. The molecule has 1 aliphatic rings. The highest BCUT2D eigenvalue weighted by Crippen LogP contribution is 2.30. The number of likely N-dealkylation sites (tertiary alicyclic amines) is 1. The third kappa shape index (κ3) is 4.14. The fourth-order valence-corrected chi connectivity index (χ4v) is 3.45. The highest BCUT2D eigenvalue weighted by molar-refractivity contribution is 5.97. The Morgan fingerprint density at radius 2 is 1.96 bits per heavy atom. The van der Waals surface area contributed by atoms with Gasteiger partial charge in [0.2, 0.25) is 5.91 Å². The molecule has 0 saturated carbocycles. The van der Waals surface area contributed by atoms with E-state index in [0.717, 1.165) is 13.0 Å². The monoisotopic (exact) mass is 340 g/mol. The minimum absolute atomic E-state index is 0.0496. The number of carbonyl (C=O) groups excluding carboxylic acids is 2. The second kappa shape index (κ2) is 7.61. The number of aromatic nitrogens is 2. The molecule has 1 amide bonds. The normalized spacial score (nSPS) is 20.6. The average Bonchev–Trinajstić information content (AvgIpc) is 3.19. The van der Waals surface area contributed by atoms with Gasteiger partial charge in [-0.15, -0.1) is 0 Å². The van der Waals surface area contributed by atoms with Crippen LogP contribution in [-0.2, 0) is 11.8 Å². The molecule has 25 heavy (non-hydrogen) atoms. The minimum atomic E-state index is -0.0709. The van der Waals surface area contributed by atoms with E-state index in [0.29, 0.717) is 5.56 Å². The van der Waals surface area contributed by atoms with Gasteiger partial charge in [0.05, 0.1) is 17.8 Å². The van der Waals surface area contributed by atoms with E-state index in [1.165, 1.54) is 11.8 Å². The van der Waals surface area contributed by atoms with E-state index < -0.39 is 0 Å². The fraction of sp³-hybridized carbons (Fsp3) is 0.421. The van der Waals surface area contributed by atoms with Gasteiger partial charge in [0.15, 0.2) is 5.78 Å². The molecule has 6 heteroatoms. The molecule has 132 valence electrons. The van der Waals surface area contributed by atoms with Crippen LogP contribution >= 0.6 is 0 Å².